The molecule has 1 aromatic carbocycles. The predicted molar refractivity (Wildman–Crippen MR) is 74.3 cm³/mol. The molecule has 0 aliphatic carbocycles. The van der Waals surface area contributed by atoms with E-state index in [4.69, 9.17) is 16.3 Å². The van der Waals surface area contributed by atoms with E-state index in [2.05, 4.69) is 5.32 Å². The van der Waals surface area contributed by atoms with E-state index in [1.54, 1.807) is 6.92 Å². The summed E-state index contributed by atoms with van der Waals surface area (Å²) in [6, 6.07) is 5.90. The molecule has 1 aromatic rings. The average molecular weight is 270 g/mol. The van der Waals surface area contributed by atoms with Gasteiger partial charge in [-0.1, -0.05) is 17.7 Å². The zero-order chi connectivity index (χ0) is 13.5. The van der Waals surface area contributed by atoms with Crippen molar-refractivity contribution in [2.45, 2.75) is 32.7 Å². The van der Waals surface area contributed by atoms with Crippen molar-refractivity contribution in [1.29, 1.82) is 0 Å². The van der Waals surface area contributed by atoms with Crippen molar-refractivity contribution >= 4 is 17.4 Å². The van der Waals surface area contributed by atoms with E-state index >= 15 is 0 Å². The van der Waals surface area contributed by atoms with Crippen LogP contribution in [-0.2, 0) is 4.79 Å². The maximum atomic E-state index is 11.0. The van der Waals surface area contributed by atoms with Crippen LogP contribution >= 0.6 is 11.6 Å². The van der Waals surface area contributed by atoms with Crippen molar-refractivity contribution in [2.75, 3.05) is 13.7 Å². The minimum atomic E-state index is 0.141. The molecule has 0 saturated heterocycles. The molecule has 100 valence electrons. The second kappa shape index (κ2) is 7.39. The number of hydrogen-bond acceptors (Lipinski definition) is 3. The first-order chi connectivity index (χ1) is 8.58. The van der Waals surface area contributed by atoms with Gasteiger partial charge in [0.15, 0.2) is 0 Å². The lowest BCUT2D eigenvalue weighted by Crippen LogP contribution is -2.17. The first-order valence-corrected chi connectivity index (χ1v) is 6.55. The smallest absolute Gasteiger partial charge is 0.137 e. The second-order valence-corrected chi connectivity index (χ2v) is 4.61. The standard InChI is InChI=1S/C14H20ClNO2/c1-4-18-14-8-6-11(9-12(14)15)13(16-3)7-5-10(2)17/h6,8-9,13,16H,4-5,7H2,1-3H3. The van der Waals surface area contributed by atoms with Crippen molar-refractivity contribution in [1.82, 2.24) is 5.32 Å². The SMILES string of the molecule is CCOc1ccc(C(CCC(C)=O)NC)cc1Cl. The molecule has 1 unspecified atom stereocenters. The highest BCUT2D eigenvalue weighted by Crippen LogP contribution is 2.29. The van der Waals surface area contributed by atoms with E-state index in [1.807, 2.05) is 32.2 Å². The van der Waals surface area contributed by atoms with Crippen LogP contribution in [-0.4, -0.2) is 19.4 Å². The molecule has 0 spiro atoms. The Morgan fingerprint density at radius 1 is 1.50 bits per heavy atom. The van der Waals surface area contributed by atoms with Gasteiger partial charge in [-0.2, -0.15) is 0 Å². The van der Waals surface area contributed by atoms with E-state index in [-0.39, 0.29) is 11.8 Å². The lowest BCUT2D eigenvalue weighted by atomic mass is 10.0. The number of nitrogens with one attached hydrogen (secondary N) is 1. The summed E-state index contributed by atoms with van der Waals surface area (Å²) in [5, 5.41) is 3.81. The Morgan fingerprint density at radius 2 is 2.22 bits per heavy atom. The van der Waals surface area contributed by atoms with Gasteiger partial charge in [0.05, 0.1) is 11.6 Å². The summed E-state index contributed by atoms with van der Waals surface area (Å²) in [4.78, 5) is 11.0. The van der Waals surface area contributed by atoms with E-state index in [9.17, 15) is 4.79 Å². The molecule has 0 aliphatic heterocycles. The van der Waals surface area contributed by atoms with Crippen molar-refractivity contribution in [2.24, 2.45) is 0 Å². The van der Waals surface area contributed by atoms with E-state index < -0.39 is 0 Å². The molecule has 0 saturated carbocycles. The monoisotopic (exact) mass is 269 g/mol. The van der Waals surface area contributed by atoms with Crippen LogP contribution in [0.15, 0.2) is 18.2 Å². The highest BCUT2D eigenvalue weighted by molar-refractivity contribution is 6.32. The number of ether oxygens (including phenoxy) is 1. The predicted octanol–water partition coefficient (Wildman–Crippen LogP) is 3.37. The fourth-order valence-electron chi connectivity index (χ4n) is 1.83. The van der Waals surface area contributed by atoms with Crippen LogP contribution in [0.3, 0.4) is 0 Å². The van der Waals surface area contributed by atoms with Crippen LogP contribution in [0, 0.1) is 0 Å². The maximum absolute atomic E-state index is 11.0. The van der Waals surface area contributed by atoms with Gasteiger partial charge in [-0.25, -0.2) is 0 Å². The number of carbonyl (C=O) groups is 1. The molecule has 1 rings (SSSR count). The summed E-state index contributed by atoms with van der Waals surface area (Å²) < 4.78 is 5.40. The Balaban J connectivity index is 2.80. The molecule has 0 aliphatic rings. The molecular weight excluding hydrogens is 250 g/mol. The van der Waals surface area contributed by atoms with E-state index in [1.165, 1.54) is 0 Å². The molecule has 1 atom stereocenters. The van der Waals surface area contributed by atoms with E-state index in [0.29, 0.717) is 23.8 Å². The molecule has 1 N–H and O–H groups in total. The Kier molecular flexibility index (Phi) is 6.16. The number of benzene rings is 1. The van der Waals surface area contributed by atoms with Crippen LogP contribution < -0.4 is 10.1 Å². The number of rotatable bonds is 7. The Morgan fingerprint density at radius 3 is 2.72 bits per heavy atom. The molecule has 4 heteroatoms. The third-order valence-corrected chi connectivity index (χ3v) is 3.09. The van der Waals surface area contributed by atoms with Crippen molar-refractivity contribution in [3.05, 3.63) is 28.8 Å². The van der Waals surface area contributed by atoms with Gasteiger partial charge in [-0.3, -0.25) is 0 Å². The Hall–Kier alpha value is -1.06. The van der Waals surface area contributed by atoms with Gasteiger partial charge in [-0.05, 0) is 45.0 Å². The van der Waals surface area contributed by atoms with Gasteiger partial charge < -0.3 is 14.8 Å². The fourth-order valence-corrected chi connectivity index (χ4v) is 2.08. The molecule has 3 nitrogen and oxygen atoms in total. The average Bonchev–Trinajstić information content (AvgIpc) is 2.33. The Bertz CT molecular complexity index is 407. The number of carbonyl (C=O) groups excluding carboxylic acids is 1. The topological polar surface area (TPSA) is 38.3 Å². The van der Waals surface area contributed by atoms with E-state index in [0.717, 1.165) is 12.0 Å². The van der Waals surface area contributed by atoms with Gasteiger partial charge in [0, 0.05) is 12.5 Å². The molecule has 0 radical (unpaired) electrons. The minimum absolute atomic E-state index is 0.141. The number of Topliss-reactive ketones (excluding diaryl/α,β-unsaturated/α-hetero) is 1. The molecule has 0 amide bonds. The van der Waals surface area contributed by atoms with Crippen LogP contribution in [0.5, 0.6) is 5.75 Å². The molecule has 0 fully saturated rings. The molecule has 0 heterocycles. The summed E-state index contributed by atoms with van der Waals surface area (Å²) in [6.45, 7) is 4.13. The van der Waals surface area contributed by atoms with Gasteiger partial charge in [0.25, 0.3) is 0 Å². The number of ketones is 1. The number of hydrogen-bond donors (Lipinski definition) is 1. The first kappa shape index (κ1) is 15.0. The molecule has 0 aromatic heterocycles. The lowest BCUT2D eigenvalue weighted by Gasteiger charge is -2.17. The van der Waals surface area contributed by atoms with Crippen LogP contribution in [0.1, 0.15) is 38.3 Å². The summed E-state index contributed by atoms with van der Waals surface area (Å²) >= 11 is 6.15. The van der Waals surface area contributed by atoms with Crippen LogP contribution in [0.25, 0.3) is 0 Å². The summed E-state index contributed by atoms with van der Waals surface area (Å²) in [7, 11) is 1.88. The summed E-state index contributed by atoms with van der Waals surface area (Å²) in [5.41, 5.74) is 1.08. The van der Waals surface area contributed by atoms with Gasteiger partial charge in [-0.15, -0.1) is 0 Å². The normalized spacial score (nSPS) is 12.2. The third-order valence-electron chi connectivity index (χ3n) is 2.79. The molecule has 0 bridgehead atoms. The fraction of sp³-hybridized carbons (Fsp3) is 0.500. The lowest BCUT2D eigenvalue weighted by molar-refractivity contribution is -0.117. The minimum Gasteiger partial charge on any atom is -0.492 e. The van der Waals surface area contributed by atoms with Crippen molar-refractivity contribution in [3.63, 3.8) is 0 Å². The maximum Gasteiger partial charge on any atom is 0.137 e. The summed E-state index contributed by atoms with van der Waals surface area (Å²) in [6.07, 6.45) is 1.34. The van der Waals surface area contributed by atoms with Crippen molar-refractivity contribution in [3.8, 4) is 5.75 Å². The van der Waals surface area contributed by atoms with Crippen LogP contribution in [0.4, 0.5) is 0 Å². The molecular formula is C14H20ClNO2. The zero-order valence-corrected chi connectivity index (χ0v) is 11.9. The zero-order valence-electron chi connectivity index (χ0n) is 11.1. The summed E-state index contributed by atoms with van der Waals surface area (Å²) in [5.74, 6) is 0.900. The second-order valence-electron chi connectivity index (χ2n) is 4.20. The van der Waals surface area contributed by atoms with Crippen molar-refractivity contribution < 1.29 is 9.53 Å². The molecule has 18 heavy (non-hydrogen) atoms. The third kappa shape index (κ3) is 4.31. The highest BCUT2D eigenvalue weighted by Gasteiger charge is 2.12. The van der Waals surface area contributed by atoms with Gasteiger partial charge in [0.2, 0.25) is 0 Å². The number of halogens is 1. The largest absolute Gasteiger partial charge is 0.492 e. The van der Waals surface area contributed by atoms with Gasteiger partial charge in [0.1, 0.15) is 11.5 Å². The Labute approximate surface area is 113 Å². The highest BCUT2D eigenvalue weighted by atomic mass is 35.5. The quantitative estimate of drug-likeness (QED) is 0.825. The first-order valence-electron chi connectivity index (χ1n) is 6.17. The van der Waals surface area contributed by atoms with Gasteiger partial charge >= 0.3 is 0 Å². The van der Waals surface area contributed by atoms with Crippen LogP contribution in [0.2, 0.25) is 5.02 Å².